The Morgan fingerprint density at radius 3 is 2.50 bits per heavy atom. The largest absolute Gasteiger partial charge is 0.495 e. The summed E-state index contributed by atoms with van der Waals surface area (Å²) in [5.41, 5.74) is 2.93. The second-order valence-electron chi connectivity index (χ2n) is 6.22. The fourth-order valence-corrected chi connectivity index (χ4v) is 3.13. The van der Waals surface area contributed by atoms with Crippen molar-refractivity contribution in [3.05, 3.63) is 59.7 Å². The lowest BCUT2D eigenvalue weighted by Crippen LogP contribution is -2.36. The van der Waals surface area contributed by atoms with Gasteiger partial charge in [0, 0.05) is 13.1 Å². The number of aryl methyl sites for hydroxylation is 1. The van der Waals surface area contributed by atoms with E-state index in [0.29, 0.717) is 0 Å². The van der Waals surface area contributed by atoms with E-state index < -0.39 is 6.04 Å². The lowest BCUT2D eigenvalue weighted by atomic mass is 10.0. The van der Waals surface area contributed by atoms with Gasteiger partial charge in [-0.15, -0.1) is 0 Å². The van der Waals surface area contributed by atoms with Gasteiger partial charge in [-0.3, -0.25) is 4.79 Å². The van der Waals surface area contributed by atoms with Crippen LogP contribution in [0, 0.1) is 6.92 Å². The lowest BCUT2D eigenvalue weighted by molar-refractivity contribution is -0.131. The first-order chi connectivity index (χ1) is 11.7. The maximum Gasteiger partial charge on any atom is 0.249 e. The number of likely N-dealkylation sites (tertiary alicyclic amines) is 1. The van der Waals surface area contributed by atoms with E-state index in [9.17, 15) is 4.79 Å². The first-order valence-electron chi connectivity index (χ1n) is 8.44. The molecule has 4 heteroatoms. The molecule has 3 rings (SSSR count). The summed E-state index contributed by atoms with van der Waals surface area (Å²) in [6, 6.07) is 15.5. The third-order valence-electron chi connectivity index (χ3n) is 4.45. The Kier molecular flexibility index (Phi) is 5.04. The maximum atomic E-state index is 13.0. The van der Waals surface area contributed by atoms with Gasteiger partial charge in [-0.2, -0.15) is 0 Å². The van der Waals surface area contributed by atoms with Crippen LogP contribution >= 0.6 is 0 Å². The molecular formula is C20H24N2O2. The van der Waals surface area contributed by atoms with Crippen LogP contribution in [0.15, 0.2) is 48.5 Å². The maximum absolute atomic E-state index is 13.0. The molecule has 24 heavy (non-hydrogen) atoms. The van der Waals surface area contributed by atoms with Crippen molar-refractivity contribution in [3.63, 3.8) is 0 Å². The summed E-state index contributed by atoms with van der Waals surface area (Å²) in [7, 11) is 1.65. The highest BCUT2D eigenvalue weighted by atomic mass is 16.5. The first-order valence-corrected chi connectivity index (χ1v) is 8.44. The fraction of sp³-hybridized carbons (Fsp3) is 0.350. The van der Waals surface area contributed by atoms with E-state index in [1.807, 2.05) is 60.4 Å². The number of amides is 1. The van der Waals surface area contributed by atoms with E-state index in [1.54, 1.807) is 7.11 Å². The number of nitrogens with one attached hydrogen (secondary N) is 1. The van der Waals surface area contributed by atoms with Crippen LogP contribution in [0.2, 0.25) is 0 Å². The van der Waals surface area contributed by atoms with Gasteiger partial charge in [-0.05, 0) is 43.0 Å². The van der Waals surface area contributed by atoms with Crippen LogP contribution < -0.4 is 10.1 Å². The smallest absolute Gasteiger partial charge is 0.249 e. The Bertz CT molecular complexity index is 694. The summed E-state index contributed by atoms with van der Waals surface area (Å²) in [5.74, 6) is 0.881. The number of carbonyl (C=O) groups excluding carboxylic acids is 1. The monoisotopic (exact) mass is 324 g/mol. The highest BCUT2D eigenvalue weighted by molar-refractivity contribution is 5.87. The summed E-state index contributed by atoms with van der Waals surface area (Å²) in [6.45, 7) is 3.71. The Hall–Kier alpha value is -2.49. The summed E-state index contributed by atoms with van der Waals surface area (Å²) in [6.07, 6.45) is 2.17. The molecule has 1 heterocycles. The van der Waals surface area contributed by atoms with Crippen molar-refractivity contribution in [3.8, 4) is 5.75 Å². The van der Waals surface area contributed by atoms with Crippen molar-refractivity contribution in [2.45, 2.75) is 25.8 Å². The number of ether oxygens (including phenoxy) is 1. The predicted octanol–water partition coefficient (Wildman–Crippen LogP) is 3.78. The minimum atomic E-state index is -0.402. The van der Waals surface area contributed by atoms with Crippen LogP contribution in [-0.4, -0.2) is 31.0 Å². The van der Waals surface area contributed by atoms with Crippen molar-refractivity contribution < 1.29 is 9.53 Å². The molecule has 0 unspecified atom stereocenters. The van der Waals surface area contributed by atoms with Crippen LogP contribution in [0.4, 0.5) is 5.69 Å². The molecule has 0 saturated carbocycles. The van der Waals surface area contributed by atoms with E-state index >= 15 is 0 Å². The third-order valence-corrected chi connectivity index (χ3v) is 4.45. The summed E-state index contributed by atoms with van der Waals surface area (Å²) >= 11 is 0. The van der Waals surface area contributed by atoms with Crippen molar-refractivity contribution in [2.75, 3.05) is 25.5 Å². The van der Waals surface area contributed by atoms with E-state index in [4.69, 9.17) is 4.74 Å². The fourth-order valence-electron chi connectivity index (χ4n) is 3.13. The molecule has 1 aliphatic rings. The van der Waals surface area contributed by atoms with Gasteiger partial charge in [0.25, 0.3) is 0 Å². The Morgan fingerprint density at radius 2 is 1.83 bits per heavy atom. The standard InChI is InChI=1S/C20H24N2O2/c1-15-10-11-17(18(14-15)24-2)21-19(16-8-4-3-5-9-16)20(23)22-12-6-7-13-22/h3-5,8-11,14,19,21H,6-7,12-13H2,1-2H3/t19-/m0/s1. The van der Waals surface area contributed by atoms with Crippen LogP contribution in [0.5, 0.6) is 5.75 Å². The van der Waals surface area contributed by atoms with E-state index in [-0.39, 0.29) is 5.91 Å². The molecule has 0 radical (unpaired) electrons. The van der Waals surface area contributed by atoms with Crippen LogP contribution in [0.25, 0.3) is 0 Å². The van der Waals surface area contributed by atoms with Crippen LogP contribution in [0.1, 0.15) is 30.0 Å². The number of rotatable bonds is 5. The molecule has 1 atom stereocenters. The van der Waals surface area contributed by atoms with Gasteiger partial charge in [-0.25, -0.2) is 0 Å². The Balaban J connectivity index is 1.91. The molecule has 1 saturated heterocycles. The Morgan fingerprint density at radius 1 is 1.12 bits per heavy atom. The zero-order valence-electron chi connectivity index (χ0n) is 14.3. The molecule has 126 valence electrons. The van der Waals surface area contributed by atoms with E-state index in [0.717, 1.165) is 48.5 Å². The summed E-state index contributed by atoms with van der Waals surface area (Å²) in [5, 5.41) is 3.40. The number of hydrogen-bond donors (Lipinski definition) is 1. The summed E-state index contributed by atoms with van der Waals surface area (Å²) < 4.78 is 5.48. The molecule has 1 fully saturated rings. The van der Waals surface area contributed by atoms with Gasteiger partial charge >= 0.3 is 0 Å². The highest BCUT2D eigenvalue weighted by Crippen LogP contribution is 2.30. The molecule has 4 nitrogen and oxygen atoms in total. The van der Waals surface area contributed by atoms with Crippen LogP contribution in [0.3, 0.4) is 0 Å². The number of carbonyl (C=O) groups is 1. The van der Waals surface area contributed by atoms with Crippen molar-refractivity contribution in [2.24, 2.45) is 0 Å². The molecule has 1 amide bonds. The molecule has 0 spiro atoms. The van der Waals surface area contributed by atoms with Gasteiger partial charge in [0.2, 0.25) is 5.91 Å². The van der Waals surface area contributed by atoms with Gasteiger partial charge in [-0.1, -0.05) is 36.4 Å². The molecule has 1 N–H and O–H groups in total. The van der Waals surface area contributed by atoms with Crippen molar-refractivity contribution in [1.82, 2.24) is 4.90 Å². The molecular weight excluding hydrogens is 300 g/mol. The topological polar surface area (TPSA) is 41.6 Å². The van der Waals surface area contributed by atoms with Crippen molar-refractivity contribution in [1.29, 1.82) is 0 Å². The molecule has 1 aliphatic heterocycles. The first kappa shape index (κ1) is 16.4. The number of hydrogen-bond acceptors (Lipinski definition) is 3. The zero-order chi connectivity index (χ0) is 16.9. The lowest BCUT2D eigenvalue weighted by Gasteiger charge is -2.26. The number of methoxy groups -OCH3 is 1. The number of nitrogens with zero attached hydrogens (tertiary/aromatic N) is 1. The molecule has 0 bridgehead atoms. The number of benzene rings is 2. The quantitative estimate of drug-likeness (QED) is 0.910. The SMILES string of the molecule is COc1cc(C)ccc1N[C@H](C(=O)N1CCCC1)c1ccccc1. The van der Waals surface area contributed by atoms with Gasteiger partial charge in [0.1, 0.15) is 11.8 Å². The second kappa shape index (κ2) is 7.39. The summed E-state index contributed by atoms with van der Waals surface area (Å²) in [4.78, 5) is 15.0. The predicted molar refractivity (Wildman–Crippen MR) is 96.4 cm³/mol. The third kappa shape index (κ3) is 3.53. The minimum absolute atomic E-state index is 0.126. The molecule has 0 aliphatic carbocycles. The van der Waals surface area contributed by atoms with Gasteiger partial charge < -0.3 is 15.0 Å². The highest BCUT2D eigenvalue weighted by Gasteiger charge is 2.28. The van der Waals surface area contributed by atoms with E-state index in [1.165, 1.54) is 0 Å². The average Bonchev–Trinajstić information content (AvgIpc) is 3.15. The molecule has 2 aromatic carbocycles. The Labute approximate surface area is 143 Å². The average molecular weight is 324 g/mol. The zero-order valence-corrected chi connectivity index (χ0v) is 14.3. The second-order valence-corrected chi connectivity index (χ2v) is 6.22. The van der Waals surface area contributed by atoms with Crippen LogP contribution in [-0.2, 0) is 4.79 Å². The van der Waals surface area contributed by atoms with E-state index in [2.05, 4.69) is 5.32 Å². The molecule has 0 aromatic heterocycles. The normalized spacial score (nSPS) is 15.2. The van der Waals surface area contributed by atoms with Gasteiger partial charge in [0.15, 0.2) is 0 Å². The van der Waals surface area contributed by atoms with Crippen molar-refractivity contribution >= 4 is 11.6 Å². The number of anilines is 1. The minimum Gasteiger partial charge on any atom is -0.495 e. The molecule has 2 aromatic rings. The van der Waals surface area contributed by atoms with Gasteiger partial charge in [0.05, 0.1) is 12.8 Å².